The lowest BCUT2D eigenvalue weighted by Crippen LogP contribution is -2.11. The lowest BCUT2D eigenvalue weighted by atomic mass is 9.83. The predicted octanol–water partition coefficient (Wildman–Crippen LogP) is 4.89. The average Bonchev–Trinajstić information content (AvgIpc) is 2.56. The first-order valence-electron chi connectivity index (χ1n) is 7.78. The third kappa shape index (κ3) is 2.32. The largest absolute Gasteiger partial charge is 0.441 e. The van der Waals surface area contributed by atoms with Gasteiger partial charge in [0.15, 0.2) is 0 Å². The Morgan fingerprint density at radius 1 is 0.952 bits per heavy atom. The molecule has 0 amide bonds. The van der Waals surface area contributed by atoms with Crippen LogP contribution in [0.3, 0.4) is 0 Å². The summed E-state index contributed by atoms with van der Waals surface area (Å²) in [6.07, 6.45) is 6.62. The third-order valence-corrected chi connectivity index (χ3v) is 6.00. The second-order valence-electron chi connectivity index (χ2n) is 6.03. The predicted molar refractivity (Wildman–Crippen MR) is 87.0 cm³/mol. The van der Waals surface area contributed by atoms with E-state index in [2.05, 4.69) is 18.2 Å². The second kappa shape index (κ2) is 5.35. The lowest BCUT2D eigenvalue weighted by molar-refractivity contribution is 0.443. The van der Waals surface area contributed by atoms with Gasteiger partial charge in [0.1, 0.15) is 5.75 Å². The molecule has 0 spiro atoms. The summed E-state index contributed by atoms with van der Waals surface area (Å²) in [5, 5.41) is 0.857. The Labute approximate surface area is 126 Å². The standard InChI is InChI=1S/C18H19O2P/c19-21-18-9-5-4-8-15(18)16-12-14(10-11-17(16)20-21)13-6-2-1-3-7-13/h4-5,8-13,21H,1-3,6-7H2. The minimum absolute atomic E-state index is 0.676. The van der Waals surface area contributed by atoms with Crippen molar-refractivity contribution in [3.8, 4) is 16.9 Å². The summed E-state index contributed by atoms with van der Waals surface area (Å²) in [5.41, 5.74) is 3.60. The van der Waals surface area contributed by atoms with E-state index in [1.165, 1.54) is 37.7 Å². The van der Waals surface area contributed by atoms with Gasteiger partial charge in [-0.15, -0.1) is 0 Å². The van der Waals surface area contributed by atoms with E-state index in [0.717, 1.165) is 22.2 Å². The summed E-state index contributed by atoms with van der Waals surface area (Å²) in [5.74, 6) is 1.45. The van der Waals surface area contributed by atoms with Gasteiger partial charge < -0.3 is 4.52 Å². The summed E-state index contributed by atoms with van der Waals surface area (Å²) >= 11 is 0. The fourth-order valence-electron chi connectivity index (χ4n) is 3.59. The molecule has 1 fully saturated rings. The Bertz CT molecular complexity index is 702. The van der Waals surface area contributed by atoms with Crippen LogP contribution in [0.1, 0.15) is 43.6 Å². The normalized spacial score (nSPS) is 21.2. The fraction of sp³-hybridized carbons (Fsp3) is 0.333. The van der Waals surface area contributed by atoms with E-state index in [1.807, 2.05) is 24.3 Å². The Morgan fingerprint density at radius 3 is 2.62 bits per heavy atom. The van der Waals surface area contributed by atoms with Crippen LogP contribution in [0.15, 0.2) is 42.5 Å². The first kappa shape index (κ1) is 13.2. The van der Waals surface area contributed by atoms with Gasteiger partial charge in [0, 0.05) is 5.56 Å². The highest BCUT2D eigenvalue weighted by atomic mass is 31.1. The highest BCUT2D eigenvalue weighted by Crippen LogP contribution is 2.44. The van der Waals surface area contributed by atoms with E-state index in [9.17, 15) is 4.57 Å². The number of benzene rings is 2. The van der Waals surface area contributed by atoms with Gasteiger partial charge in [0.2, 0.25) is 0 Å². The Morgan fingerprint density at radius 2 is 1.76 bits per heavy atom. The summed E-state index contributed by atoms with van der Waals surface area (Å²) in [6.45, 7) is 0. The van der Waals surface area contributed by atoms with Crippen molar-refractivity contribution in [1.82, 2.24) is 0 Å². The van der Waals surface area contributed by atoms with Crippen molar-refractivity contribution >= 4 is 13.3 Å². The molecule has 0 aromatic heterocycles. The van der Waals surface area contributed by atoms with E-state index < -0.39 is 8.03 Å². The molecule has 1 aliphatic heterocycles. The zero-order valence-electron chi connectivity index (χ0n) is 12.0. The minimum Gasteiger partial charge on any atom is -0.441 e. The van der Waals surface area contributed by atoms with Gasteiger partial charge >= 0.3 is 0 Å². The summed E-state index contributed by atoms with van der Waals surface area (Å²) < 4.78 is 17.8. The fourth-order valence-corrected chi connectivity index (χ4v) is 4.75. The number of hydrogen-bond donors (Lipinski definition) is 0. The quantitative estimate of drug-likeness (QED) is 0.700. The van der Waals surface area contributed by atoms with Crippen molar-refractivity contribution in [2.75, 3.05) is 0 Å². The molecule has 2 nitrogen and oxygen atoms in total. The molecule has 108 valence electrons. The topological polar surface area (TPSA) is 26.3 Å². The van der Waals surface area contributed by atoms with Gasteiger partial charge in [-0.05, 0) is 48.1 Å². The number of hydrogen-bond acceptors (Lipinski definition) is 2. The summed E-state index contributed by atoms with van der Waals surface area (Å²) in [4.78, 5) is 0. The maximum atomic E-state index is 12.2. The molecule has 4 rings (SSSR count). The Hall–Kier alpha value is -1.53. The SMILES string of the molecule is O=[PH]1Oc2ccc(C3CCCCC3)cc2-c2ccccc21. The molecule has 1 aliphatic carbocycles. The monoisotopic (exact) mass is 298 g/mol. The van der Waals surface area contributed by atoms with Gasteiger partial charge in [-0.3, -0.25) is 4.57 Å². The number of rotatable bonds is 1. The summed E-state index contributed by atoms with van der Waals surface area (Å²) in [7, 11) is -2.15. The maximum Gasteiger partial charge on any atom is 0.266 e. The molecule has 2 aliphatic rings. The van der Waals surface area contributed by atoms with Crippen LogP contribution >= 0.6 is 8.03 Å². The van der Waals surface area contributed by atoms with Crippen molar-refractivity contribution < 1.29 is 9.09 Å². The van der Waals surface area contributed by atoms with Crippen LogP contribution in [0.2, 0.25) is 0 Å². The van der Waals surface area contributed by atoms with Crippen LogP contribution in [-0.4, -0.2) is 0 Å². The van der Waals surface area contributed by atoms with Crippen LogP contribution in [0, 0.1) is 0 Å². The van der Waals surface area contributed by atoms with Gasteiger partial charge in [0.25, 0.3) is 8.03 Å². The molecule has 2 aromatic carbocycles. The van der Waals surface area contributed by atoms with E-state index in [-0.39, 0.29) is 0 Å². The van der Waals surface area contributed by atoms with E-state index in [4.69, 9.17) is 4.52 Å². The average molecular weight is 298 g/mol. The van der Waals surface area contributed by atoms with E-state index in [1.54, 1.807) is 0 Å². The van der Waals surface area contributed by atoms with Crippen LogP contribution in [-0.2, 0) is 4.57 Å². The van der Waals surface area contributed by atoms with E-state index >= 15 is 0 Å². The van der Waals surface area contributed by atoms with Gasteiger partial charge in [0.05, 0.1) is 5.30 Å². The highest BCUT2D eigenvalue weighted by Gasteiger charge is 2.24. The molecule has 21 heavy (non-hydrogen) atoms. The number of fused-ring (bicyclic) bond motifs is 3. The van der Waals surface area contributed by atoms with Gasteiger partial charge in [-0.25, -0.2) is 0 Å². The zero-order valence-corrected chi connectivity index (χ0v) is 13.0. The molecule has 0 saturated heterocycles. The first-order chi connectivity index (χ1) is 10.3. The molecular weight excluding hydrogens is 279 g/mol. The first-order valence-corrected chi connectivity index (χ1v) is 9.10. The molecule has 1 heterocycles. The molecule has 1 atom stereocenters. The minimum atomic E-state index is -2.15. The third-order valence-electron chi connectivity index (χ3n) is 4.72. The van der Waals surface area contributed by atoms with Gasteiger partial charge in [-0.2, -0.15) is 0 Å². The molecular formula is C18H19O2P. The molecule has 0 N–H and O–H groups in total. The molecule has 1 unspecified atom stereocenters. The molecule has 0 bridgehead atoms. The highest BCUT2D eigenvalue weighted by molar-refractivity contribution is 7.49. The lowest BCUT2D eigenvalue weighted by Gasteiger charge is -2.25. The van der Waals surface area contributed by atoms with Gasteiger partial charge in [-0.1, -0.05) is 43.5 Å². The molecule has 0 radical (unpaired) electrons. The van der Waals surface area contributed by atoms with E-state index in [0.29, 0.717) is 5.92 Å². The Balaban J connectivity index is 1.80. The van der Waals surface area contributed by atoms with Crippen molar-refractivity contribution in [3.63, 3.8) is 0 Å². The molecule has 2 aromatic rings. The second-order valence-corrected chi connectivity index (χ2v) is 7.34. The Kier molecular flexibility index (Phi) is 3.35. The maximum absolute atomic E-state index is 12.2. The van der Waals surface area contributed by atoms with Crippen LogP contribution in [0.25, 0.3) is 11.1 Å². The summed E-state index contributed by atoms with van der Waals surface area (Å²) in [6, 6.07) is 14.4. The van der Waals surface area contributed by atoms with Crippen LogP contribution < -0.4 is 9.83 Å². The van der Waals surface area contributed by atoms with Crippen molar-refractivity contribution in [2.45, 2.75) is 38.0 Å². The van der Waals surface area contributed by atoms with Crippen molar-refractivity contribution in [3.05, 3.63) is 48.0 Å². The molecule has 3 heteroatoms. The van der Waals surface area contributed by atoms with Crippen LogP contribution in [0.4, 0.5) is 0 Å². The molecule has 1 saturated carbocycles. The smallest absolute Gasteiger partial charge is 0.266 e. The zero-order chi connectivity index (χ0) is 14.2. The van der Waals surface area contributed by atoms with Crippen molar-refractivity contribution in [2.24, 2.45) is 0 Å². The van der Waals surface area contributed by atoms with Crippen molar-refractivity contribution in [1.29, 1.82) is 0 Å². The van der Waals surface area contributed by atoms with Crippen LogP contribution in [0.5, 0.6) is 5.75 Å².